The van der Waals surface area contributed by atoms with Crippen LogP contribution in [0, 0.1) is 5.82 Å². The Morgan fingerprint density at radius 1 is 1.21 bits per heavy atom. The molecular formula is C19H14ClFN6O2. The minimum atomic E-state index is -0.590. The van der Waals surface area contributed by atoms with Crippen molar-refractivity contribution in [1.82, 2.24) is 24.6 Å². The number of nitrogens with zero attached hydrogens (tertiary/aromatic N) is 6. The highest BCUT2D eigenvalue weighted by molar-refractivity contribution is 6.28. The van der Waals surface area contributed by atoms with Crippen LogP contribution in [0.15, 0.2) is 55.0 Å². The lowest BCUT2D eigenvalue weighted by Gasteiger charge is -2.15. The Hall–Kier alpha value is -3.59. The number of carbonyl (C=O) groups is 1. The maximum atomic E-state index is 13.5. The SMILES string of the molecule is CN(C(=O)OCc1ccccc1)c1cnn2c(Cl)nc(-c3cncc(F)c3)nc12. The van der Waals surface area contributed by atoms with Gasteiger partial charge in [-0.2, -0.15) is 14.6 Å². The number of benzene rings is 1. The summed E-state index contributed by atoms with van der Waals surface area (Å²) in [5, 5.41) is 4.12. The van der Waals surface area contributed by atoms with Gasteiger partial charge in [0.15, 0.2) is 11.5 Å². The number of hydrogen-bond acceptors (Lipinski definition) is 6. The van der Waals surface area contributed by atoms with Crippen LogP contribution in [0.25, 0.3) is 17.0 Å². The third kappa shape index (κ3) is 3.85. The number of amides is 1. The molecule has 0 saturated heterocycles. The quantitative estimate of drug-likeness (QED) is 0.507. The summed E-state index contributed by atoms with van der Waals surface area (Å²) in [5.41, 5.74) is 1.83. The van der Waals surface area contributed by atoms with Crippen LogP contribution in [0.3, 0.4) is 0 Å². The molecule has 0 N–H and O–H groups in total. The van der Waals surface area contributed by atoms with Gasteiger partial charge >= 0.3 is 6.09 Å². The lowest BCUT2D eigenvalue weighted by Crippen LogP contribution is -2.27. The van der Waals surface area contributed by atoms with Gasteiger partial charge in [0.1, 0.15) is 18.1 Å². The molecule has 0 unspecified atom stereocenters. The van der Waals surface area contributed by atoms with Gasteiger partial charge in [-0.05, 0) is 23.2 Å². The first-order chi connectivity index (χ1) is 14.0. The van der Waals surface area contributed by atoms with Crippen LogP contribution in [0.2, 0.25) is 5.28 Å². The normalized spacial score (nSPS) is 10.9. The van der Waals surface area contributed by atoms with E-state index in [4.69, 9.17) is 16.3 Å². The van der Waals surface area contributed by atoms with Crippen LogP contribution < -0.4 is 4.90 Å². The van der Waals surface area contributed by atoms with E-state index in [-0.39, 0.29) is 23.4 Å². The number of pyridine rings is 1. The molecule has 0 bridgehead atoms. The summed E-state index contributed by atoms with van der Waals surface area (Å²) in [7, 11) is 1.53. The number of ether oxygens (including phenoxy) is 1. The first kappa shape index (κ1) is 18.8. The molecule has 0 radical (unpaired) electrons. The van der Waals surface area contributed by atoms with Gasteiger partial charge in [-0.1, -0.05) is 30.3 Å². The van der Waals surface area contributed by atoms with Crippen molar-refractivity contribution in [2.75, 3.05) is 11.9 Å². The fourth-order valence-electron chi connectivity index (χ4n) is 2.65. The maximum absolute atomic E-state index is 13.5. The van der Waals surface area contributed by atoms with E-state index in [1.54, 1.807) is 0 Å². The predicted octanol–water partition coefficient (Wildman–Crippen LogP) is 3.75. The number of anilines is 1. The van der Waals surface area contributed by atoms with Gasteiger partial charge in [-0.25, -0.2) is 14.2 Å². The van der Waals surface area contributed by atoms with Crippen molar-refractivity contribution in [3.05, 3.63) is 71.7 Å². The Bertz CT molecular complexity index is 1180. The zero-order valence-electron chi connectivity index (χ0n) is 15.2. The third-order valence-corrected chi connectivity index (χ3v) is 4.36. The molecule has 0 saturated carbocycles. The van der Waals surface area contributed by atoms with Gasteiger partial charge in [0.2, 0.25) is 5.28 Å². The van der Waals surface area contributed by atoms with Crippen LogP contribution in [-0.2, 0) is 11.3 Å². The highest BCUT2D eigenvalue weighted by atomic mass is 35.5. The minimum Gasteiger partial charge on any atom is -0.444 e. The molecule has 0 aliphatic heterocycles. The van der Waals surface area contributed by atoms with Gasteiger partial charge in [0.05, 0.1) is 12.4 Å². The first-order valence-electron chi connectivity index (χ1n) is 8.49. The van der Waals surface area contributed by atoms with Gasteiger partial charge in [0.25, 0.3) is 0 Å². The molecule has 3 heterocycles. The lowest BCUT2D eigenvalue weighted by molar-refractivity contribution is 0.148. The molecule has 4 aromatic rings. The molecule has 1 amide bonds. The number of fused-ring (bicyclic) bond motifs is 1. The van der Waals surface area contributed by atoms with Crippen molar-refractivity contribution in [2.24, 2.45) is 0 Å². The van der Waals surface area contributed by atoms with E-state index in [9.17, 15) is 9.18 Å². The number of halogens is 2. The smallest absolute Gasteiger partial charge is 0.414 e. The minimum absolute atomic E-state index is 0.00608. The zero-order valence-corrected chi connectivity index (χ0v) is 15.9. The number of rotatable bonds is 4. The monoisotopic (exact) mass is 412 g/mol. The van der Waals surface area contributed by atoms with E-state index in [1.807, 2.05) is 30.3 Å². The molecule has 3 aromatic heterocycles. The number of hydrogen-bond donors (Lipinski definition) is 0. The summed E-state index contributed by atoms with van der Waals surface area (Å²) >= 11 is 6.19. The Morgan fingerprint density at radius 3 is 2.76 bits per heavy atom. The highest BCUT2D eigenvalue weighted by Gasteiger charge is 2.21. The molecule has 4 rings (SSSR count). The molecule has 29 heavy (non-hydrogen) atoms. The third-order valence-electron chi connectivity index (χ3n) is 4.11. The average molecular weight is 413 g/mol. The molecule has 0 fully saturated rings. The Labute approximate surface area is 169 Å². The van der Waals surface area contributed by atoms with Crippen LogP contribution in [-0.4, -0.2) is 37.7 Å². The molecule has 1 aromatic carbocycles. The Kier molecular flexibility index (Phi) is 5.05. The Balaban J connectivity index is 1.64. The highest BCUT2D eigenvalue weighted by Crippen LogP contribution is 2.25. The second-order valence-electron chi connectivity index (χ2n) is 6.07. The van der Waals surface area contributed by atoms with E-state index in [2.05, 4.69) is 20.1 Å². The van der Waals surface area contributed by atoms with E-state index in [1.165, 1.54) is 34.9 Å². The fraction of sp³-hybridized carbons (Fsp3) is 0.105. The van der Waals surface area contributed by atoms with Crippen molar-refractivity contribution in [1.29, 1.82) is 0 Å². The molecular weight excluding hydrogens is 399 g/mol. The summed E-state index contributed by atoms with van der Waals surface area (Å²) in [5.74, 6) is -0.375. The van der Waals surface area contributed by atoms with Crippen LogP contribution in [0.5, 0.6) is 0 Å². The largest absolute Gasteiger partial charge is 0.444 e. The molecule has 0 aliphatic rings. The fourth-order valence-corrected chi connectivity index (χ4v) is 2.85. The topological polar surface area (TPSA) is 85.5 Å². The molecule has 0 aliphatic carbocycles. The Morgan fingerprint density at radius 2 is 2.00 bits per heavy atom. The van der Waals surface area contributed by atoms with Gasteiger partial charge in [-0.15, -0.1) is 0 Å². The van der Waals surface area contributed by atoms with E-state index >= 15 is 0 Å². The number of aromatic nitrogens is 5. The molecule has 0 atom stereocenters. The second kappa shape index (κ2) is 7.80. The summed E-state index contributed by atoms with van der Waals surface area (Å²) in [6.45, 7) is 0.124. The van der Waals surface area contributed by atoms with Crippen molar-refractivity contribution >= 4 is 29.0 Å². The van der Waals surface area contributed by atoms with Gasteiger partial charge in [0, 0.05) is 18.8 Å². The van der Waals surface area contributed by atoms with Gasteiger partial charge in [-0.3, -0.25) is 9.88 Å². The molecule has 8 nitrogen and oxygen atoms in total. The van der Waals surface area contributed by atoms with Crippen LogP contribution >= 0.6 is 11.6 Å². The summed E-state index contributed by atoms with van der Waals surface area (Å²) in [6.07, 6.45) is 3.32. The van der Waals surface area contributed by atoms with Crippen molar-refractivity contribution in [3.63, 3.8) is 0 Å². The van der Waals surface area contributed by atoms with E-state index in [0.29, 0.717) is 11.3 Å². The summed E-state index contributed by atoms with van der Waals surface area (Å²) in [6, 6.07) is 10.6. The van der Waals surface area contributed by atoms with E-state index in [0.717, 1.165) is 11.8 Å². The summed E-state index contributed by atoms with van der Waals surface area (Å²) in [4.78, 5) is 26.0. The first-order valence-corrected chi connectivity index (χ1v) is 8.87. The molecule has 0 spiro atoms. The van der Waals surface area contributed by atoms with Crippen molar-refractivity contribution in [3.8, 4) is 11.4 Å². The number of carbonyl (C=O) groups excluding carboxylic acids is 1. The van der Waals surface area contributed by atoms with Crippen LogP contribution in [0.4, 0.5) is 14.9 Å². The standard InChI is InChI=1S/C19H14ClFN6O2/c1-26(19(28)29-11-12-5-3-2-4-6-12)15-10-23-27-17(15)24-16(25-18(27)20)13-7-14(21)9-22-8-13/h2-10H,11H2,1H3. The summed E-state index contributed by atoms with van der Waals surface area (Å²) < 4.78 is 20.1. The molecule has 10 heteroatoms. The van der Waals surface area contributed by atoms with E-state index < -0.39 is 11.9 Å². The molecule has 146 valence electrons. The lowest BCUT2D eigenvalue weighted by atomic mass is 10.2. The van der Waals surface area contributed by atoms with Crippen LogP contribution in [0.1, 0.15) is 5.56 Å². The second-order valence-corrected chi connectivity index (χ2v) is 6.41. The average Bonchev–Trinajstić information content (AvgIpc) is 3.17. The van der Waals surface area contributed by atoms with Crippen molar-refractivity contribution in [2.45, 2.75) is 6.61 Å². The predicted molar refractivity (Wildman–Crippen MR) is 104 cm³/mol. The van der Waals surface area contributed by atoms with Gasteiger partial charge < -0.3 is 4.74 Å². The van der Waals surface area contributed by atoms with Crippen molar-refractivity contribution < 1.29 is 13.9 Å². The maximum Gasteiger partial charge on any atom is 0.414 e. The zero-order chi connectivity index (χ0) is 20.4.